The van der Waals surface area contributed by atoms with Gasteiger partial charge in [-0.25, -0.2) is 4.39 Å². The lowest BCUT2D eigenvalue weighted by Crippen LogP contribution is -2.05. The van der Waals surface area contributed by atoms with Crippen LogP contribution in [0, 0.1) is 0 Å². The van der Waals surface area contributed by atoms with Gasteiger partial charge in [0.2, 0.25) is 0 Å². The molecule has 0 amide bonds. The van der Waals surface area contributed by atoms with Gasteiger partial charge in [0.1, 0.15) is 0 Å². The average Bonchev–Trinajstić information content (AvgIpc) is 2.19. The van der Waals surface area contributed by atoms with Crippen LogP contribution in [0.25, 0.3) is 0 Å². The topological polar surface area (TPSA) is 66.5 Å². The van der Waals surface area contributed by atoms with Crippen LogP contribution in [0.5, 0.6) is 11.5 Å². The highest BCUT2D eigenvalue weighted by atomic mass is 19.1. The van der Waals surface area contributed by atoms with Crippen LogP contribution in [0.3, 0.4) is 0 Å². The Balaban J connectivity index is 2.82. The minimum absolute atomic E-state index is 0.137. The minimum atomic E-state index is -0.210. The van der Waals surface area contributed by atoms with E-state index in [2.05, 4.69) is 0 Å². The third kappa shape index (κ3) is 2.47. The van der Waals surface area contributed by atoms with E-state index in [1.54, 1.807) is 6.07 Å². The zero-order valence-corrected chi connectivity index (χ0v) is 7.57. The van der Waals surface area contributed by atoms with E-state index < -0.39 is 0 Å². The molecule has 4 heteroatoms. The Labute approximate surface area is 81.3 Å². The molecule has 0 saturated heterocycles. The van der Waals surface area contributed by atoms with E-state index in [1.807, 2.05) is 0 Å². The lowest BCUT2D eigenvalue weighted by Gasteiger charge is -2.04. The van der Waals surface area contributed by atoms with Crippen molar-refractivity contribution >= 4 is 0 Å². The molecule has 0 aliphatic carbocycles. The molecule has 0 saturated carbocycles. The number of phenols is 2. The van der Waals surface area contributed by atoms with Gasteiger partial charge in [0.15, 0.2) is 11.5 Å². The molecular formula is C10H12FNO2. The Hall–Kier alpha value is -1.55. The first-order chi connectivity index (χ1) is 6.67. The molecule has 0 aromatic heterocycles. The Morgan fingerprint density at radius 2 is 2.07 bits per heavy atom. The first kappa shape index (κ1) is 10.5. The van der Waals surface area contributed by atoms with Crippen molar-refractivity contribution in [2.45, 2.75) is 6.42 Å². The van der Waals surface area contributed by atoms with Gasteiger partial charge < -0.3 is 15.9 Å². The second-order valence-corrected chi connectivity index (χ2v) is 2.97. The standard InChI is InChI=1S/C10H12FNO2/c11-5-8(6-12)3-7-1-2-9(13)10(14)4-7/h1-2,4-5,13-14H,3,6,12H2/b8-5+. The molecule has 1 aromatic carbocycles. The molecule has 1 aromatic rings. The third-order valence-corrected chi connectivity index (χ3v) is 1.89. The van der Waals surface area contributed by atoms with Gasteiger partial charge in [-0.15, -0.1) is 0 Å². The van der Waals surface area contributed by atoms with Crippen molar-refractivity contribution in [1.82, 2.24) is 0 Å². The molecule has 0 aliphatic rings. The average molecular weight is 197 g/mol. The molecule has 0 aliphatic heterocycles. The summed E-state index contributed by atoms with van der Waals surface area (Å²) in [7, 11) is 0. The van der Waals surface area contributed by atoms with Crippen molar-refractivity contribution in [2.75, 3.05) is 6.54 Å². The molecule has 76 valence electrons. The lowest BCUT2D eigenvalue weighted by atomic mass is 10.1. The van der Waals surface area contributed by atoms with Gasteiger partial charge in [0.05, 0.1) is 6.33 Å². The minimum Gasteiger partial charge on any atom is -0.504 e. The number of rotatable bonds is 3. The van der Waals surface area contributed by atoms with Gasteiger partial charge in [-0.05, 0) is 29.7 Å². The van der Waals surface area contributed by atoms with E-state index in [4.69, 9.17) is 15.9 Å². The van der Waals surface area contributed by atoms with Crippen LogP contribution in [0.2, 0.25) is 0 Å². The van der Waals surface area contributed by atoms with E-state index >= 15 is 0 Å². The molecule has 3 nitrogen and oxygen atoms in total. The molecule has 1 rings (SSSR count). The van der Waals surface area contributed by atoms with E-state index in [9.17, 15) is 4.39 Å². The van der Waals surface area contributed by atoms with Crippen LogP contribution in [-0.4, -0.2) is 16.8 Å². The van der Waals surface area contributed by atoms with Crippen LogP contribution in [0.4, 0.5) is 4.39 Å². The number of hydrogen-bond acceptors (Lipinski definition) is 3. The fourth-order valence-corrected chi connectivity index (χ4v) is 1.10. The van der Waals surface area contributed by atoms with E-state index in [0.29, 0.717) is 23.9 Å². The molecule has 0 radical (unpaired) electrons. The lowest BCUT2D eigenvalue weighted by molar-refractivity contribution is 0.403. The Kier molecular flexibility index (Phi) is 3.48. The summed E-state index contributed by atoms with van der Waals surface area (Å²) in [4.78, 5) is 0. The SMILES string of the molecule is NC/C(=C/F)Cc1ccc(O)c(O)c1. The summed E-state index contributed by atoms with van der Waals surface area (Å²) in [6.07, 6.45) is 0.796. The summed E-state index contributed by atoms with van der Waals surface area (Å²) in [5.41, 5.74) is 6.42. The predicted molar refractivity (Wildman–Crippen MR) is 51.7 cm³/mol. The van der Waals surface area contributed by atoms with Crippen molar-refractivity contribution < 1.29 is 14.6 Å². The number of halogens is 1. The maximum Gasteiger partial charge on any atom is 0.157 e. The number of hydrogen-bond donors (Lipinski definition) is 3. The maximum absolute atomic E-state index is 12.2. The van der Waals surface area contributed by atoms with Crippen molar-refractivity contribution in [3.63, 3.8) is 0 Å². The molecular weight excluding hydrogens is 185 g/mol. The fourth-order valence-electron chi connectivity index (χ4n) is 1.10. The predicted octanol–water partition coefficient (Wildman–Crippen LogP) is 1.45. The summed E-state index contributed by atoms with van der Waals surface area (Å²) in [5.74, 6) is -0.398. The van der Waals surface area contributed by atoms with Gasteiger partial charge in [-0.2, -0.15) is 0 Å². The van der Waals surface area contributed by atoms with Gasteiger partial charge in [0.25, 0.3) is 0 Å². The van der Waals surface area contributed by atoms with Gasteiger partial charge >= 0.3 is 0 Å². The molecule has 0 bridgehead atoms. The van der Waals surface area contributed by atoms with Crippen LogP contribution < -0.4 is 5.73 Å². The highest BCUT2D eigenvalue weighted by molar-refractivity contribution is 5.41. The molecule has 0 fully saturated rings. The van der Waals surface area contributed by atoms with Gasteiger partial charge in [-0.1, -0.05) is 6.07 Å². The van der Waals surface area contributed by atoms with Crippen LogP contribution in [-0.2, 0) is 6.42 Å². The number of aromatic hydroxyl groups is 2. The summed E-state index contributed by atoms with van der Waals surface area (Å²) < 4.78 is 12.2. The first-order valence-corrected chi connectivity index (χ1v) is 4.16. The summed E-state index contributed by atoms with van der Waals surface area (Å²) in [6.45, 7) is 0.137. The molecule has 14 heavy (non-hydrogen) atoms. The van der Waals surface area contributed by atoms with E-state index in [-0.39, 0.29) is 18.0 Å². The zero-order valence-electron chi connectivity index (χ0n) is 7.57. The summed E-state index contributed by atoms with van der Waals surface area (Å²) in [5, 5.41) is 18.2. The Morgan fingerprint density at radius 3 is 2.57 bits per heavy atom. The van der Waals surface area contributed by atoms with Crippen LogP contribution in [0.1, 0.15) is 5.56 Å². The second kappa shape index (κ2) is 4.62. The van der Waals surface area contributed by atoms with Crippen LogP contribution >= 0.6 is 0 Å². The van der Waals surface area contributed by atoms with Crippen molar-refractivity contribution in [3.05, 3.63) is 35.7 Å². The number of benzene rings is 1. The highest BCUT2D eigenvalue weighted by Gasteiger charge is 2.02. The van der Waals surface area contributed by atoms with Gasteiger partial charge in [0, 0.05) is 6.54 Å². The molecule has 0 heterocycles. The molecule has 0 spiro atoms. The quantitative estimate of drug-likeness (QED) is 0.642. The van der Waals surface area contributed by atoms with E-state index in [0.717, 1.165) is 0 Å². The smallest absolute Gasteiger partial charge is 0.157 e. The van der Waals surface area contributed by atoms with Crippen LogP contribution in [0.15, 0.2) is 30.1 Å². The fraction of sp³-hybridized carbons (Fsp3) is 0.200. The van der Waals surface area contributed by atoms with E-state index in [1.165, 1.54) is 12.1 Å². The monoisotopic (exact) mass is 197 g/mol. The summed E-state index contributed by atoms with van der Waals surface area (Å²) in [6, 6.07) is 4.35. The van der Waals surface area contributed by atoms with Crippen molar-refractivity contribution in [1.29, 1.82) is 0 Å². The molecule has 0 unspecified atom stereocenters. The Morgan fingerprint density at radius 1 is 1.36 bits per heavy atom. The Bertz CT molecular complexity index is 350. The number of phenolic OH excluding ortho intramolecular Hbond substituents is 2. The highest BCUT2D eigenvalue weighted by Crippen LogP contribution is 2.25. The van der Waals surface area contributed by atoms with Crippen molar-refractivity contribution in [2.24, 2.45) is 5.73 Å². The van der Waals surface area contributed by atoms with Gasteiger partial charge in [-0.3, -0.25) is 0 Å². The summed E-state index contributed by atoms with van der Waals surface area (Å²) >= 11 is 0. The number of nitrogens with two attached hydrogens (primary N) is 1. The zero-order chi connectivity index (χ0) is 10.6. The normalized spacial score (nSPS) is 11.7. The third-order valence-electron chi connectivity index (χ3n) is 1.89. The largest absolute Gasteiger partial charge is 0.504 e. The molecule has 0 atom stereocenters. The first-order valence-electron chi connectivity index (χ1n) is 4.16. The molecule has 4 N–H and O–H groups in total. The maximum atomic E-state index is 12.2. The van der Waals surface area contributed by atoms with Crippen molar-refractivity contribution in [3.8, 4) is 11.5 Å². The second-order valence-electron chi connectivity index (χ2n) is 2.97.